The Kier molecular flexibility index (Phi) is 4.47. The van der Waals surface area contributed by atoms with E-state index in [-0.39, 0.29) is 5.91 Å². The first kappa shape index (κ1) is 13.5. The van der Waals surface area contributed by atoms with Gasteiger partial charge in [0.15, 0.2) is 0 Å². The standard InChI is InChI=1S/C14H15ClN2O2/c1-19-13-5-4-11(15)9-10(13)6-8-17-14(18)12-3-2-7-16-12/h2-5,7,9,16H,6,8H2,1H3,(H,17,18). The quantitative estimate of drug-likeness (QED) is 0.883. The maximum Gasteiger partial charge on any atom is 0.267 e. The lowest BCUT2D eigenvalue weighted by molar-refractivity contribution is 0.0949. The maximum atomic E-state index is 11.7. The van der Waals surface area contributed by atoms with Crippen LogP contribution in [-0.4, -0.2) is 24.5 Å². The van der Waals surface area contributed by atoms with Crippen molar-refractivity contribution in [2.75, 3.05) is 13.7 Å². The Labute approximate surface area is 116 Å². The van der Waals surface area contributed by atoms with Gasteiger partial charge in [-0.1, -0.05) is 11.6 Å². The summed E-state index contributed by atoms with van der Waals surface area (Å²) in [7, 11) is 1.62. The molecule has 0 saturated carbocycles. The first-order chi connectivity index (χ1) is 9.20. The molecule has 0 aliphatic carbocycles. The minimum atomic E-state index is -0.119. The number of methoxy groups -OCH3 is 1. The Morgan fingerprint density at radius 2 is 2.26 bits per heavy atom. The van der Waals surface area contributed by atoms with Crippen LogP contribution in [0.4, 0.5) is 0 Å². The number of ether oxygens (including phenoxy) is 1. The molecule has 1 aromatic carbocycles. The van der Waals surface area contributed by atoms with Crippen molar-refractivity contribution >= 4 is 17.5 Å². The Hall–Kier alpha value is -1.94. The van der Waals surface area contributed by atoms with Crippen molar-refractivity contribution in [1.82, 2.24) is 10.3 Å². The molecule has 0 aliphatic heterocycles. The van der Waals surface area contributed by atoms with Gasteiger partial charge >= 0.3 is 0 Å². The molecule has 19 heavy (non-hydrogen) atoms. The SMILES string of the molecule is COc1ccc(Cl)cc1CCNC(=O)c1ccc[nH]1. The van der Waals surface area contributed by atoms with E-state index in [1.54, 1.807) is 31.5 Å². The van der Waals surface area contributed by atoms with Crippen LogP contribution in [0.3, 0.4) is 0 Å². The Bertz CT molecular complexity index is 553. The highest BCUT2D eigenvalue weighted by atomic mass is 35.5. The normalized spacial score (nSPS) is 10.2. The van der Waals surface area contributed by atoms with Gasteiger partial charge in [0.05, 0.1) is 7.11 Å². The molecular formula is C14H15ClN2O2. The van der Waals surface area contributed by atoms with Gasteiger partial charge < -0.3 is 15.0 Å². The molecule has 2 rings (SSSR count). The van der Waals surface area contributed by atoms with Crippen LogP contribution in [0.1, 0.15) is 16.1 Å². The van der Waals surface area contributed by atoms with E-state index in [1.165, 1.54) is 0 Å². The van der Waals surface area contributed by atoms with Crippen molar-refractivity contribution in [2.24, 2.45) is 0 Å². The summed E-state index contributed by atoms with van der Waals surface area (Å²) in [6.45, 7) is 0.522. The number of nitrogens with one attached hydrogen (secondary N) is 2. The summed E-state index contributed by atoms with van der Waals surface area (Å²) >= 11 is 5.95. The molecule has 0 fully saturated rings. The van der Waals surface area contributed by atoms with E-state index < -0.39 is 0 Å². The first-order valence-corrected chi connectivity index (χ1v) is 6.32. The lowest BCUT2D eigenvalue weighted by atomic mass is 10.1. The van der Waals surface area contributed by atoms with Crippen LogP contribution in [-0.2, 0) is 6.42 Å². The van der Waals surface area contributed by atoms with Crippen molar-refractivity contribution in [2.45, 2.75) is 6.42 Å². The molecule has 0 saturated heterocycles. The van der Waals surface area contributed by atoms with Crippen LogP contribution >= 0.6 is 11.6 Å². The number of hydrogen-bond donors (Lipinski definition) is 2. The zero-order chi connectivity index (χ0) is 13.7. The zero-order valence-corrected chi connectivity index (χ0v) is 11.3. The zero-order valence-electron chi connectivity index (χ0n) is 10.6. The Morgan fingerprint density at radius 1 is 1.42 bits per heavy atom. The predicted molar refractivity (Wildman–Crippen MR) is 74.8 cm³/mol. The maximum absolute atomic E-state index is 11.7. The lowest BCUT2D eigenvalue weighted by Gasteiger charge is -2.09. The molecule has 5 heteroatoms. The molecule has 0 spiro atoms. The summed E-state index contributed by atoms with van der Waals surface area (Å²) in [4.78, 5) is 14.6. The topological polar surface area (TPSA) is 54.1 Å². The molecule has 0 bridgehead atoms. The molecule has 1 heterocycles. The van der Waals surface area contributed by atoms with Crippen molar-refractivity contribution < 1.29 is 9.53 Å². The number of halogens is 1. The minimum Gasteiger partial charge on any atom is -0.496 e. The van der Waals surface area contributed by atoms with Gasteiger partial charge in [-0.2, -0.15) is 0 Å². The Balaban J connectivity index is 1.92. The summed E-state index contributed by atoms with van der Waals surface area (Å²) in [5, 5.41) is 3.49. The van der Waals surface area contributed by atoms with Gasteiger partial charge in [-0.3, -0.25) is 4.79 Å². The van der Waals surface area contributed by atoms with Crippen LogP contribution in [0.5, 0.6) is 5.75 Å². The van der Waals surface area contributed by atoms with Crippen molar-refractivity contribution in [3.05, 3.63) is 52.8 Å². The molecule has 1 amide bonds. The Morgan fingerprint density at radius 3 is 2.95 bits per heavy atom. The summed E-state index contributed by atoms with van der Waals surface area (Å²) < 4.78 is 5.25. The van der Waals surface area contributed by atoms with Crippen LogP contribution in [0.2, 0.25) is 5.02 Å². The van der Waals surface area contributed by atoms with Crippen molar-refractivity contribution in [1.29, 1.82) is 0 Å². The summed E-state index contributed by atoms with van der Waals surface area (Å²) in [6, 6.07) is 8.97. The van der Waals surface area contributed by atoms with Crippen molar-refractivity contribution in [3.8, 4) is 5.75 Å². The van der Waals surface area contributed by atoms with E-state index in [2.05, 4.69) is 10.3 Å². The first-order valence-electron chi connectivity index (χ1n) is 5.94. The van der Waals surface area contributed by atoms with E-state index >= 15 is 0 Å². The monoisotopic (exact) mass is 278 g/mol. The molecule has 2 N–H and O–H groups in total. The second kappa shape index (κ2) is 6.29. The van der Waals surface area contributed by atoms with Gasteiger partial charge in [-0.05, 0) is 42.3 Å². The van der Waals surface area contributed by atoms with E-state index in [0.29, 0.717) is 23.7 Å². The second-order valence-electron chi connectivity index (χ2n) is 4.05. The number of aromatic amines is 1. The van der Waals surface area contributed by atoms with Crippen LogP contribution < -0.4 is 10.1 Å². The third kappa shape index (κ3) is 3.51. The van der Waals surface area contributed by atoms with Crippen LogP contribution in [0.15, 0.2) is 36.5 Å². The molecule has 0 radical (unpaired) electrons. The van der Waals surface area contributed by atoms with E-state index in [1.807, 2.05) is 12.1 Å². The number of carbonyl (C=O) groups excluding carboxylic acids is 1. The van der Waals surface area contributed by atoms with E-state index in [9.17, 15) is 4.79 Å². The molecule has 2 aromatic rings. The average Bonchev–Trinajstić information content (AvgIpc) is 2.93. The van der Waals surface area contributed by atoms with Gasteiger partial charge in [-0.25, -0.2) is 0 Å². The van der Waals surface area contributed by atoms with Gasteiger partial charge in [-0.15, -0.1) is 0 Å². The predicted octanol–water partition coefficient (Wildman–Crippen LogP) is 2.65. The summed E-state index contributed by atoms with van der Waals surface area (Å²) in [5.74, 6) is 0.657. The number of H-pyrrole nitrogens is 1. The van der Waals surface area contributed by atoms with Gasteiger partial charge in [0.2, 0.25) is 0 Å². The highest BCUT2D eigenvalue weighted by Gasteiger charge is 2.07. The fourth-order valence-corrected chi connectivity index (χ4v) is 2.01. The fourth-order valence-electron chi connectivity index (χ4n) is 1.82. The second-order valence-corrected chi connectivity index (χ2v) is 4.48. The highest BCUT2D eigenvalue weighted by Crippen LogP contribution is 2.22. The molecule has 4 nitrogen and oxygen atoms in total. The largest absolute Gasteiger partial charge is 0.496 e. The van der Waals surface area contributed by atoms with Crippen LogP contribution in [0.25, 0.3) is 0 Å². The molecule has 1 aromatic heterocycles. The van der Waals surface area contributed by atoms with Crippen molar-refractivity contribution in [3.63, 3.8) is 0 Å². The highest BCUT2D eigenvalue weighted by molar-refractivity contribution is 6.30. The number of rotatable bonds is 5. The van der Waals surface area contributed by atoms with E-state index in [0.717, 1.165) is 11.3 Å². The van der Waals surface area contributed by atoms with Gasteiger partial charge in [0.1, 0.15) is 11.4 Å². The number of carbonyl (C=O) groups is 1. The molecule has 100 valence electrons. The third-order valence-electron chi connectivity index (χ3n) is 2.76. The number of amides is 1. The third-order valence-corrected chi connectivity index (χ3v) is 3.00. The smallest absolute Gasteiger partial charge is 0.267 e. The van der Waals surface area contributed by atoms with E-state index in [4.69, 9.17) is 16.3 Å². The summed E-state index contributed by atoms with van der Waals surface area (Å²) in [6.07, 6.45) is 2.38. The number of aromatic nitrogens is 1. The number of benzene rings is 1. The molecule has 0 unspecified atom stereocenters. The lowest BCUT2D eigenvalue weighted by Crippen LogP contribution is -2.26. The van der Waals surface area contributed by atoms with Gasteiger partial charge in [0, 0.05) is 17.8 Å². The summed E-state index contributed by atoms with van der Waals surface area (Å²) in [5.41, 5.74) is 1.53. The average molecular weight is 279 g/mol. The number of hydrogen-bond acceptors (Lipinski definition) is 2. The van der Waals surface area contributed by atoms with Crippen LogP contribution in [0, 0.1) is 0 Å². The van der Waals surface area contributed by atoms with Gasteiger partial charge in [0.25, 0.3) is 5.91 Å². The molecular weight excluding hydrogens is 264 g/mol. The minimum absolute atomic E-state index is 0.119. The molecule has 0 aliphatic rings. The fraction of sp³-hybridized carbons (Fsp3) is 0.214. The molecule has 0 atom stereocenters.